The number of para-hydroxylation sites is 1. The van der Waals surface area contributed by atoms with Gasteiger partial charge in [-0.15, -0.1) is 10.2 Å². The van der Waals surface area contributed by atoms with E-state index in [2.05, 4.69) is 20.5 Å². The van der Waals surface area contributed by atoms with Gasteiger partial charge in [0.2, 0.25) is 24.1 Å². The topological polar surface area (TPSA) is 122 Å². The van der Waals surface area contributed by atoms with Crippen molar-refractivity contribution >= 4 is 23.1 Å². The van der Waals surface area contributed by atoms with E-state index in [1.807, 2.05) is 31.2 Å². The summed E-state index contributed by atoms with van der Waals surface area (Å²) in [5.74, 6) is 1.76. The van der Waals surface area contributed by atoms with Crippen molar-refractivity contribution in [3.05, 3.63) is 52.1 Å². The number of aromatic nitrogens is 3. The number of nitrogens with one attached hydrogen (secondary N) is 1. The maximum Gasteiger partial charge on any atom is 0.282 e. The molecule has 0 aliphatic carbocycles. The number of hydrogen-bond donors (Lipinski definition) is 1. The van der Waals surface area contributed by atoms with Crippen molar-refractivity contribution in [1.29, 1.82) is 0 Å². The Morgan fingerprint density at radius 1 is 1.23 bits per heavy atom. The highest BCUT2D eigenvalue weighted by Gasteiger charge is 2.33. The third-order valence-corrected chi connectivity index (χ3v) is 5.33. The monoisotopic (exact) mass is 425 g/mol. The summed E-state index contributed by atoms with van der Waals surface area (Å²) in [6.45, 7) is 1.99. The standard InChI is InChI=1S/C19H15N5O5S/c1-2-30-19-21-18-16(22-23-19)10-5-3-4-6-12(10)20-17(29-18)11-7-14-15(28-9-27-14)8-13(11)24(25)26/h3-8,17,20H,2,9H2,1H3/t17-/m1/s1. The second-order valence-electron chi connectivity index (χ2n) is 6.39. The summed E-state index contributed by atoms with van der Waals surface area (Å²) >= 11 is 1.43. The number of ether oxygens (including phenoxy) is 3. The number of hydrogen-bond acceptors (Lipinski definition) is 10. The fourth-order valence-corrected chi connectivity index (χ4v) is 3.80. The predicted molar refractivity (Wildman–Crippen MR) is 108 cm³/mol. The lowest BCUT2D eigenvalue weighted by atomic mass is 10.1. The van der Waals surface area contributed by atoms with E-state index in [1.54, 1.807) is 6.07 Å². The zero-order valence-corrected chi connectivity index (χ0v) is 16.5. The summed E-state index contributed by atoms with van der Waals surface area (Å²) in [4.78, 5) is 15.8. The van der Waals surface area contributed by atoms with Crippen LogP contribution in [0.5, 0.6) is 17.4 Å². The number of fused-ring (bicyclic) bond motifs is 4. The molecule has 0 radical (unpaired) electrons. The Bertz CT molecular complexity index is 1160. The van der Waals surface area contributed by atoms with Crippen LogP contribution in [0.15, 0.2) is 41.6 Å². The number of nitrogens with zero attached hydrogens (tertiary/aromatic N) is 4. The van der Waals surface area contributed by atoms with Crippen LogP contribution >= 0.6 is 11.8 Å². The van der Waals surface area contributed by atoms with Crippen LogP contribution in [0.1, 0.15) is 18.7 Å². The van der Waals surface area contributed by atoms with E-state index in [1.165, 1.54) is 17.8 Å². The first kappa shape index (κ1) is 18.4. The fourth-order valence-electron chi connectivity index (χ4n) is 3.29. The Hall–Kier alpha value is -3.60. The highest BCUT2D eigenvalue weighted by atomic mass is 32.2. The number of thioether (sulfide) groups is 1. The third-order valence-electron chi connectivity index (χ3n) is 4.61. The molecule has 5 rings (SSSR count). The average Bonchev–Trinajstić information content (AvgIpc) is 3.14. The van der Waals surface area contributed by atoms with E-state index in [-0.39, 0.29) is 23.9 Å². The lowest BCUT2D eigenvalue weighted by Gasteiger charge is -2.19. The van der Waals surface area contributed by atoms with Crippen molar-refractivity contribution in [3.63, 3.8) is 0 Å². The number of benzene rings is 2. The Kier molecular flexibility index (Phi) is 4.51. The molecule has 1 N–H and O–H groups in total. The highest BCUT2D eigenvalue weighted by Crippen LogP contribution is 2.44. The van der Waals surface area contributed by atoms with Gasteiger partial charge in [-0.2, -0.15) is 4.98 Å². The molecule has 1 aromatic heterocycles. The van der Waals surface area contributed by atoms with Crippen LogP contribution in [-0.2, 0) is 0 Å². The molecule has 0 bridgehead atoms. The first-order valence-electron chi connectivity index (χ1n) is 9.12. The average molecular weight is 425 g/mol. The van der Waals surface area contributed by atoms with Crippen LogP contribution in [-0.4, -0.2) is 32.7 Å². The molecule has 0 saturated carbocycles. The highest BCUT2D eigenvalue weighted by molar-refractivity contribution is 7.99. The SMILES string of the molecule is CCSc1nnc2c(n1)O[C@H](c1cc3c(cc1[N+](=O)[O-])OCO3)Nc1ccccc1-2. The van der Waals surface area contributed by atoms with Crippen LogP contribution in [0, 0.1) is 10.1 Å². The van der Waals surface area contributed by atoms with Crippen molar-refractivity contribution in [1.82, 2.24) is 15.2 Å². The summed E-state index contributed by atoms with van der Waals surface area (Å²) in [7, 11) is 0. The molecule has 1 atom stereocenters. The molecule has 0 spiro atoms. The fraction of sp³-hybridized carbons (Fsp3) is 0.211. The number of nitro groups is 1. The van der Waals surface area contributed by atoms with Crippen LogP contribution in [0.2, 0.25) is 0 Å². The minimum atomic E-state index is -0.904. The van der Waals surface area contributed by atoms with E-state index in [9.17, 15) is 10.1 Å². The van der Waals surface area contributed by atoms with Crippen molar-refractivity contribution in [2.24, 2.45) is 0 Å². The largest absolute Gasteiger partial charge is 0.454 e. The van der Waals surface area contributed by atoms with Gasteiger partial charge in [0, 0.05) is 11.3 Å². The molecular weight excluding hydrogens is 410 g/mol. The second-order valence-corrected chi connectivity index (χ2v) is 7.62. The van der Waals surface area contributed by atoms with Crippen LogP contribution < -0.4 is 19.5 Å². The lowest BCUT2D eigenvalue weighted by molar-refractivity contribution is -0.386. The van der Waals surface area contributed by atoms with E-state index >= 15 is 0 Å². The maximum atomic E-state index is 11.8. The van der Waals surface area contributed by atoms with Gasteiger partial charge in [-0.3, -0.25) is 10.1 Å². The van der Waals surface area contributed by atoms with Crippen LogP contribution in [0.4, 0.5) is 11.4 Å². The summed E-state index contributed by atoms with van der Waals surface area (Å²) in [6.07, 6.45) is -0.904. The van der Waals surface area contributed by atoms with Crippen molar-refractivity contribution in [2.45, 2.75) is 18.3 Å². The minimum absolute atomic E-state index is 0.00923. The van der Waals surface area contributed by atoms with Crippen molar-refractivity contribution in [2.75, 3.05) is 17.9 Å². The van der Waals surface area contributed by atoms with E-state index in [4.69, 9.17) is 14.2 Å². The van der Waals surface area contributed by atoms with Crippen LogP contribution in [0.3, 0.4) is 0 Å². The van der Waals surface area contributed by atoms with Gasteiger partial charge in [-0.1, -0.05) is 36.9 Å². The molecule has 0 amide bonds. The van der Waals surface area contributed by atoms with E-state index in [0.717, 1.165) is 11.3 Å². The van der Waals surface area contributed by atoms with Crippen molar-refractivity contribution in [3.8, 4) is 28.6 Å². The molecule has 30 heavy (non-hydrogen) atoms. The quantitative estimate of drug-likeness (QED) is 0.375. The minimum Gasteiger partial charge on any atom is -0.454 e. The van der Waals surface area contributed by atoms with Gasteiger partial charge in [-0.25, -0.2) is 0 Å². The lowest BCUT2D eigenvalue weighted by Crippen LogP contribution is -2.18. The Morgan fingerprint density at radius 3 is 2.83 bits per heavy atom. The molecule has 152 valence electrons. The summed E-state index contributed by atoms with van der Waals surface area (Å²) in [5.41, 5.74) is 2.04. The van der Waals surface area contributed by atoms with Gasteiger partial charge in [0.25, 0.3) is 5.69 Å². The van der Waals surface area contributed by atoms with Gasteiger partial charge in [0.1, 0.15) is 0 Å². The molecule has 0 fully saturated rings. The van der Waals surface area contributed by atoms with Gasteiger partial charge in [-0.05, 0) is 17.9 Å². The normalized spacial score (nSPS) is 16.0. The Morgan fingerprint density at radius 2 is 2.03 bits per heavy atom. The molecule has 2 aliphatic heterocycles. The molecule has 2 aliphatic rings. The second kappa shape index (κ2) is 7.34. The zero-order chi connectivity index (χ0) is 20.7. The van der Waals surface area contributed by atoms with Crippen LogP contribution in [0.25, 0.3) is 11.3 Å². The van der Waals surface area contributed by atoms with Gasteiger partial charge in [0.15, 0.2) is 17.2 Å². The first-order valence-corrected chi connectivity index (χ1v) is 10.1. The molecule has 10 nitrogen and oxygen atoms in total. The van der Waals surface area contributed by atoms with Crippen molar-refractivity contribution < 1.29 is 19.1 Å². The smallest absolute Gasteiger partial charge is 0.282 e. The van der Waals surface area contributed by atoms with Gasteiger partial charge in [0.05, 0.1) is 16.6 Å². The predicted octanol–water partition coefficient (Wildman–Crippen LogP) is 3.79. The maximum absolute atomic E-state index is 11.8. The molecule has 3 heterocycles. The first-order chi connectivity index (χ1) is 14.6. The third kappa shape index (κ3) is 3.12. The van der Waals surface area contributed by atoms with E-state index in [0.29, 0.717) is 28.0 Å². The Balaban J connectivity index is 1.67. The molecule has 2 aromatic carbocycles. The molecule has 3 aromatic rings. The summed E-state index contributed by atoms with van der Waals surface area (Å²) in [5, 5.41) is 23.9. The molecular formula is C19H15N5O5S. The molecule has 11 heteroatoms. The number of anilines is 1. The van der Waals surface area contributed by atoms with Gasteiger partial charge >= 0.3 is 0 Å². The number of rotatable bonds is 4. The van der Waals surface area contributed by atoms with Gasteiger partial charge < -0.3 is 19.5 Å². The summed E-state index contributed by atoms with van der Waals surface area (Å²) < 4.78 is 16.8. The van der Waals surface area contributed by atoms with E-state index < -0.39 is 11.2 Å². The molecule has 0 saturated heterocycles. The number of nitro benzene ring substituents is 1. The Labute approximate surface area is 174 Å². The summed E-state index contributed by atoms with van der Waals surface area (Å²) in [6, 6.07) is 10.3. The molecule has 0 unspecified atom stereocenters. The zero-order valence-electron chi connectivity index (χ0n) is 15.7.